The minimum absolute atomic E-state index is 0.174. The molecule has 3 rings (SSSR count). The molecule has 0 fully saturated rings. The minimum atomic E-state index is -0.646. The minimum Gasteiger partial charge on any atom is -0.462 e. The Morgan fingerprint density at radius 2 is 1.79 bits per heavy atom. The van der Waals surface area contributed by atoms with Gasteiger partial charge in [0, 0.05) is 22.4 Å². The lowest BCUT2D eigenvalue weighted by Gasteiger charge is -2.08. The number of hydrogen-bond acceptors (Lipinski definition) is 9. The molecule has 0 aliphatic carbocycles. The Morgan fingerprint density at radius 1 is 1.03 bits per heavy atom. The Balaban J connectivity index is 1.72. The first kappa shape index (κ1) is 25.0. The van der Waals surface area contributed by atoms with Crippen molar-refractivity contribution in [3.63, 3.8) is 0 Å². The highest BCUT2D eigenvalue weighted by atomic mass is 32.2. The first-order chi connectivity index (χ1) is 16.4. The number of benzene rings is 2. The van der Waals surface area contributed by atoms with Gasteiger partial charge in [-0.2, -0.15) is 0 Å². The van der Waals surface area contributed by atoms with Crippen LogP contribution in [0.15, 0.2) is 54.6 Å². The van der Waals surface area contributed by atoms with Crippen LogP contribution < -0.4 is 10.0 Å². The molecule has 0 aliphatic rings. The molecule has 0 atom stereocenters. The van der Waals surface area contributed by atoms with Gasteiger partial charge in [0.15, 0.2) is 6.61 Å². The van der Waals surface area contributed by atoms with Gasteiger partial charge in [-0.15, -0.1) is 11.3 Å². The molecule has 1 heterocycles. The molecule has 0 saturated heterocycles. The fourth-order valence-corrected chi connectivity index (χ4v) is 4.35. The molecule has 10 heteroatoms. The zero-order valence-electron chi connectivity index (χ0n) is 18.5. The quantitative estimate of drug-likeness (QED) is 0.231. The number of rotatable bonds is 10. The van der Waals surface area contributed by atoms with Crippen molar-refractivity contribution in [3.05, 3.63) is 71.3 Å². The van der Waals surface area contributed by atoms with Crippen molar-refractivity contribution in [2.24, 2.45) is 0 Å². The molecule has 0 bridgehead atoms. The van der Waals surface area contributed by atoms with Crippen LogP contribution in [0, 0.1) is 0 Å². The molecule has 0 radical (unpaired) electrons. The van der Waals surface area contributed by atoms with E-state index < -0.39 is 24.5 Å². The molecule has 8 nitrogen and oxygen atoms in total. The number of ether oxygens (including phenoxy) is 2. The molecule has 1 amide bonds. The van der Waals surface area contributed by atoms with E-state index in [2.05, 4.69) is 10.0 Å². The molecule has 2 aromatic carbocycles. The summed E-state index contributed by atoms with van der Waals surface area (Å²) >= 11 is 2.56. The normalized spacial score (nSPS) is 10.3. The van der Waals surface area contributed by atoms with E-state index in [1.165, 1.54) is 23.3 Å². The number of anilines is 2. The van der Waals surface area contributed by atoms with Crippen LogP contribution in [-0.4, -0.2) is 43.6 Å². The highest BCUT2D eigenvalue weighted by molar-refractivity contribution is 7.99. The number of aldehydes is 1. The van der Waals surface area contributed by atoms with Crippen molar-refractivity contribution in [1.29, 1.82) is 0 Å². The van der Waals surface area contributed by atoms with Crippen LogP contribution in [0.25, 0.3) is 10.4 Å². The van der Waals surface area contributed by atoms with Gasteiger partial charge in [0.1, 0.15) is 11.3 Å². The number of amides is 1. The molecule has 0 unspecified atom stereocenters. The standard InChI is InChI=1S/C24H22N2O6S2/c1-3-31-24(30)19-12-20(16-9-7-15(13-27)8-10-16)34-22(19)25-21(28)14-32-23(29)17-5-4-6-18(11-17)26-33-2/h4-13,26H,3,14H2,1-2H3,(H,25,28). The molecular weight excluding hydrogens is 476 g/mol. The van der Waals surface area contributed by atoms with Crippen LogP contribution in [-0.2, 0) is 14.3 Å². The largest absolute Gasteiger partial charge is 0.462 e. The van der Waals surface area contributed by atoms with Gasteiger partial charge >= 0.3 is 11.9 Å². The molecule has 0 saturated carbocycles. The summed E-state index contributed by atoms with van der Waals surface area (Å²) in [7, 11) is 0. The monoisotopic (exact) mass is 498 g/mol. The summed E-state index contributed by atoms with van der Waals surface area (Å²) in [5.74, 6) is -1.82. The number of hydrogen-bond donors (Lipinski definition) is 2. The summed E-state index contributed by atoms with van der Waals surface area (Å²) in [5.41, 5.74) is 2.52. The predicted octanol–water partition coefficient (Wildman–Crippen LogP) is 4.89. The predicted molar refractivity (Wildman–Crippen MR) is 134 cm³/mol. The van der Waals surface area contributed by atoms with Crippen LogP contribution in [0.2, 0.25) is 0 Å². The van der Waals surface area contributed by atoms with Gasteiger partial charge in [0.25, 0.3) is 5.91 Å². The van der Waals surface area contributed by atoms with Crippen molar-refractivity contribution in [3.8, 4) is 10.4 Å². The van der Waals surface area contributed by atoms with E-state index in [0.29, 0.717) is 16.0 Å². The van der Waals surface area contributed by atoms with Crippen molar-refractivity contribution in [2.75, 3.05) is 29.5 Å². The molecule has 176 valence electrons. The van der Waals surface area contributed by atoms with Gasteiger partial charge in [-0.05, 0) is 36.8 Å². The summed E-state index contributed by atoms with van der Waals surface area (Å²) < 4.78 is 13.2. The van der Waals surface area contributed by atoms with Gasteiger partial charge in [0.2, 0.25) is 0 Å². The number of nitrogens with one attached hydrogen (secondary N) is 2. The van der Waals surface area contributed by atoms with Crippen molar-refractivity contribution in [2.45, 2.75) is 6.92 Å². The van der Waals surface area contributed by atoms with Gasteiger partial charge in [-0.3, -0.25) is 9.59 Å². The Kier molecular flexibility index (Phi) is 8.83. The Hall–Kier alpha value is -3.63. The van der Waals surface area contributed by atoms with Crippen LogP contribution >= 0.6 is 23.3 Å². The summed E-state index contributed by atoms with van der Waals surface area (Å²) in [6, 6.07) is 15.2. The molecule has 0 spiro atoms. The Morgan fingerprint density at radius 3 is 2.47 bits per heavy atom. The van der Waals surface area contributed by atoms with Crippen LogP contribution in [0.4, 0.5) is 10.7 Å². The lowest BCUT2D eigenvalue weighted by molar-refractivity contribution is -0.119. The number of thiophene rings is 1. The number of carbonyl (C=O) groups excluding carboxylic acids is 4. The average Bonchev–Trinajstić information content (AvgIpc) is 3.27. The van der Waals surface area contributed by atoms with E-state index >= 15 is 0 Å². The zero-order valence-corrected chi connectivity index (χ0v) is 20.1. The Labute approximate surface area is 204 Å². The molecule has 3 aromatic rings. The third kappa shape index (κ3) is 6.46. The molecule has 34 heavy (non-hydrogen) atoms. The highest BCUT2D eigenvalue weighted by Gasteiger charge is 2.20. The van der Waals surface area contributed by atoms with E-state index in [1.807, 2.05) is 6.26 Å². The van der Waals surface area contributed by atoms with Crippen LogP contribution in [0.3, 0.4) is 0 Å². The van der Waals surface area contributed by atoms with E-state index in [0.717, 1.165) is 17.5 Å². The summed E-state index contributed by atoms with van der Waals surface area (Å²) in [4.78, 5) is 48.8. The third-order valence-corrected chi connectivity index (χ3v) is 6.00. The topological polar surface area (TPSA) is 111 Å². The van der Waals surface area contributed by atoms with E-state index in [9.17, 15) is 19.2 Å². The number of esters is 2. The van der Waals surface area contributed by atoms with Crippen molar-refractivity contribution >= 4 is 58.1 Å². The third-order valence-electron chi connectivity index (χ3n) is 4.46. The lowest BCUT2D eigenvalue weighted by Crippen LogP contribution is -2.21. The van der Waals surface area contributed by atoms with E-state index in [4.69, 9.17) is 9.47 Å². The van der Waals surface area contributed by atoms with Gasteiger partial charge in [-0.25, -0.2) is 9.59 Å². The van der Waals surface area contributed by atoms with E-state index in [1.54, 1.807) is 61.5 Å². The summed E-state index contributed by atoms with van der Waals surface area (Å²) in [5, 5.41) is 2.91. The van der Waals surface area contributed by atoms with Gasteiger partial charge < -0.3 is 19.5 Å². The second kappa shape index (κ2) is 12.0. The van der Waals surface area contributed by atoms with Crippen molar-refractivity contribution in [1.82, 2.24) is 0 Å². The summed E-state index contributed by atoms with van der Waals surface area (Å²) in [6.45, 7) is 1.33. The Bertz CT molecular complexity index is 1190. The maximum Gasteiger partial charge on any atom is 0.341 e. The molecule has 0 aliphatic heterocycles. The SMILES string of the molecule is CCOC(=O)c1cc(-c2ccc(C=O)cc2)sc1NC(=O)COC(=O)c1cccc(NSC)c1. The zero-order chi connectivity index (χ0) is 24.5. The van der Waals surface area contributed by atoms with Crippen LogP contribution in [0.1, 0.15) is 38.0 Å². The molecule has 2 N–H and O–H groups in total. The second-order valence-electron chi connectivity index (χ2n) is 6.83. The maximum absolute atomic E-state index is 12.5. The molecular formula is C24H22N2O6S2. The van der Waals surface area contributed by atoms with E-state index in [-0.39, 0.29) is 17.2 Å². The fraction of sp³-hybridized carbons (Fsp3) is 0.167. The molecule has 1 aromatic heterocycles. The van der Waals surface area contributed by atoms with Gasteiger partial charge in [0.05, 0.1) is 17.7 Å². The highest BCUT2D eigenvalue weighted by Crippen LogP contribution is 2.36. The summed E-state index contributed by atoms with van der Waals surface area (Å²) in [6.07, 6.45) is 2.60. The fourth-order valence-electron chi connectivity index (χ4n) is 2.92. The first-order valence-electron chi connectivity index (χ1n) is 10.2. The first-order valence-corrected chi connectivity index (χ1v) is 12.2. The lowest BCUT2D eigenvalue weighted by atomic mass is 10.1. The second-order valence-corrected chi connectivity index (χ2v) is 8.49. The maximum atomic E-state index is 12.5. The average molecular weight is 499 g/mol. The van der Waals surface area contributed by atoms with Crippen molar-refractivity contribution < 1.29 is 28.7 Å². The van der Waals surface area contributed by atoms with Gasteiger partial charge in [-0.1, -0.05) is 42.3 Å². The van der Waals surface area contributed by atoms with Crippen LogP contribution in [0.5, 0.6) is 0 Å². The smallest absolute Gasteiger partial charge is 0.341 e. The number of carbonyl (C=O) groups is 4.